The lowest BCUT2D eigenvalue weighted by molar-refractivity contribution is 0.164. The van der Waals surface area contributed by atoms with Crippen LogP contribution in [0.25, 0.3) is 0 Å². The zero-order valence-corrected chi connectivity index (χ0v) is 9.26. The van der Waals surface area contributed by atoms with E-state index >= 15 is 0 Å². The van der Waals surface area contributed by atoms with Gasteiger partial charge in [-0.1, -0.05) is 20.8 Å². The van der Waals surface area contributed by atoms with E-state index in [4.69, 9.17) is 9.47 Å². The third kappa shape index (κ3) is 1.91. The maximum absolute atomic E-state index is 13.7. The summed E-state index contributed by atoms with van der Waals surface area (Å²) < 4.78 is 24.3. The molecule has 1 heterocycles. The maximum atomic E-state index is 13.7. The molecule has 0 unspecified atom stereocenters. The highest BCUT2D eigenvalue weighted by Gasteiger charge is 2.22. The van der Waals surface area contributed by atoms with Crippen LogP contribution in [0.2, 0.25) is 0 Å². The summed E-state index contributed by atoms with van der Waals surface area (Å²) in [5.74, 6) is 0.428. The average molecular weight is 210 g/mol. The van der Waals surface area contributed by atoms with E-state index in [-0.39, 0.29) is 17.0 Å². The molecule has 1 aliphatic heterocycles. The van der Waals surface area contributed by atoms with Crippen molar-refractivity contribution in [3.8, 4) is 11.5 Å². The minimum absolute atomic E-state index is 0.0866. The number of halogens is 1. The smallest absolute Gasteiger partial charge is 0.197 e. The van der Waals surface area contributed by atoms with Gasteiger partial charge in [0, 0.05) is 0 Å². The first-order valence-electron chi connectivity index (χ1n) is 5.08. The molecule has 0 saturated carbocycles. The van der Waals surface area contributed by atoms with Gasteiger partial charge in [0.25, 0.3) is 0 Å². The molecule has 3 heteroatoms. The van der Waals surface area contributed by atoms with Gasteiger partial charge in [0.1, 0.15) is 13.2 Å². The molecule has 2 rings (SSSR count). The van der Waals surface area contributed by atoms with E-state index in [2.05, 4.69) is 0 Å². The fraction of sp³-hybridized carbons (Fsp3) is 0.500. The van der Waals surface area contributed by atoms with Crippen molar-refractivity contribution in [2.75, 3.05) is 13.2 Å². The van der Waals surface area contributed by atoms with Crippen molar-refractivity contribution in [3.05, 3.63) is 23.5 Å². The van der Waals surface area contributed by atoms with E-state index in [1.165, 1.54) is 6.07 Å². The van der Waals surface area contributed by atoms with Gasteiger partial charge < -0.3 is 9.47 Å². The van der Waals surface area contributed by atoms with Crippen molar-refractivity contribution in [1.29, 1.82) is 0 Å². The van der Waals surface area contributed by atoms with Gasteiger partial charge in [-0.15, -0.1) is 0 Å². The summed E-state index contributed by atoms with van der Waals surface area (Å²) in [4.78, 5) is 0. The normalized spacial score (nSPS) is 15.2. The molecule has 0 radical (unpaired) electrons. The molecule has 1 aromatic rings. The summed E-state index contributed by atoms with van der Waals surface area (Å²) >= 11 is 0. The van der Waals surface area contributed by atoms with Gasteiger partial charge in [-0.3, -0.25) is 0 Å². The van der Waals surface area contributed by atoms with Crippen molar-refractivity contribution in [1.82, 2.24) is 0 Å². The molecule has 0 bridgehead atoms. The average Bonchev–Trinajstić information content (AvgIpc) is 2.16. The number of hydrogen-bond acceptors (Lipinski definition) is 2. The molecule has 82 valence electrons. The van der Waals surface area contributed by atoms with E-state index in [1.54, 1.807) is 0 Å². The Morgan fingerprint density at radius 2 is 1.80 bits per heavy atom. The number of rotatable bonds is 0. The van der Waals surface area contributed by atoms with E-state index in [0.29, 0.717) is 19.0 Å². The van der Waals surface area contributed by atoms with Crippen molar-refractivity contribution in [2.24, 2.45) is 0 Å². The first kappa shape index (κ1) is 10.3. The Labute approximate surface area is 89.0 Å². The number of fused-ring (bicyclic) bond motifs is 1. The van der Waals surface area contributed by atoms with Crippen LogP contribution in [0.3, 0.4) is 0 Å². The highest BCUT2D eigenvalue weighted by molar-refractivity contribution is 5.46. The minimum atomic E-state index is -0.336. The van der Waals surface area contributed by atoms with Crippen molar-refractivity contribution >= 4 is 0 Å². The van der Waals surface area contributed by atoms with E-state index in [1.807, 2.05) is 26.8 Å². The Balaban J connectivity index is 2.50. The predicted octanol–water partition coefficient (Wildman–Crippen LogP) is 2.89. The van der Waals surface area contributed by atoms with E-state index < -0.39 is 0 Å². The topological polar surface area (TPSA) is 18.5 Å². The lowest BCUT2D eigenvalue weighted by Crippen LogP contribution is -2.18. The highest BCUT2D eigenvalue weighted by atomic mass is 19.1. The number of benzene rings is 1. The quantitative estimate of drug-likeness (QED) is 0.655. The van der Waals surface area contributed by atoms with Gasteiger partial charge in [-0.05, 0) is 23.1 Å². The second kappa shape index (κ2) is 3.40. The molecule has 0 aromatic heterocycles. The molecular weight excluding hydrogens is 195 g/mol. The Morgan fingerprint density at radius 1 is 1.13 bits per heavy atom. The van der Waals surface area contributed by atoms with Crippen LogP contribution in [-0.4, -0.2) is 13.2 Å². The fourth-order valence-electron chi connectivity index (χ4n) is 1.54. The van der Waals surface area contributed by atoms with Crippen molar-refractivity contribution < 1.29 is 13.9 Å². The highest BCUT2D eigenvalue weighted by Crippen LogP contribution is 2.37. The van der Waals surface area contributed by atoms with Gasteiger partial charge in [0.2, 0.25) is 0 Å². The van der Waals surface area contributed by atoms with Gasteiger partial charge in [0.15, 0.2) is 17.3 Å². The third-order valence-corrected chi connectivity index (χ3v) is 2.46. The van der Waals surface area contributed by atoms with Crippen LogP contribution < -0.4 is 9.47 Å². The number of hydrogen-bond donors (Lipinski definition) is 0. The monoisotopic (exact) mass is 210 g/mol. The summed E-state index contributed by atoms with van der Waals surface area (Å²) in [6, 6.07) is 3.38. The van der Waals surface area contributed by atoms with Crippen LogP contribution in [0, 0.1) is 5.82 Å². The molecule has 0 N–H and O–H groups in total. The maximum Gasteiger partial charge on any atom is 0.197 e. The Kier molecular flexibility index (Phi) is 2.33. The molecular formula is C12H15FO2. The van der Waals surface area contributed by atoms with E-state index in [0.717, 1.165) is 5.56 Å². The van der Waals surface area contributed by atoms with Gasteiger partial charge in [-0.25, -0.2) is 4.39 Å². The SMILES string of the molecule is CC(C)(C)c1cc(F)c2c(c1)OCCO2. The summed E-state index contributed by atoms with van der Waals surface area (Å²) in [5, 5.41) is 0. The lowest BCUT2D eigenvalue weighted by atomic mass is 9.87. The molecule has 2 nitrogen and oxygen atoms in total. The third-order valence-electron chi connectivity index (χ3n) is 2.46. The molecule has 0 saturated heterocycles. The number of ether oxygens (including phenoxy) is 2. The summed E-state index contributed by atoms with van der Waals surface area (Å²) in [6.45, 7) is 7.02. The van der Waals surface area contributed by atoms with Gasteiger partial charge in [0.05, 0.1) is 0 Å². The predicted molar refractivity (Wildman–Crippen MR) is 56.1 cm³/mol. The Morgan fingerprint density at radius 3 is 2.47 bits per heavy atom. The van der Waals surface area contributed by atoms with Crippen LogP contribution in [0.15, 0.2) is 12.1 Å². The van der Waals surface area contributed by atoms with Crippen LogP contribution >= 0.6 is 0 Å². The molecule has 0 amide bonds. The first-order chi connectivity index (χ1) is 6.98. The van der Waals surface area contributed by atoms with Gasteiger partial charge >= 0.3 is 0 Å². The molecule has 0 aliphatic carbocycles. The van der Waals surface area contributed by atoms with Crippen molar-refractivity contribution in [3.63, 3.8) is 0 Å². The molecule has 1 aliphatic rings. The zero-order valence-electron chi connectivity index (χ0n) is 9.26. The standard InChI is InChI=1S/C12H15FO2/c1-12(2,3)8-6-9(13)11-10(7-8)14-4-5-15-11/h6-7H,4-5H2,1-3H3. The molecule has 0 atom stereocenters. The molecule has 1 aromatic carbocycles. The fourth-order valence-corrected chi connectivity index (χ4v) is 1.54. The van der Waals surface area contributed by atoms with Crippen LogP contribution in [0.4, 0.5) is 4.39 Å². The van der Waals surface area contributed by atoms with Crippen LogP contribution in [0.5, 0.6) is 11.5 Å². The van der Waals surface area contributed by atoms with E-state index in [9.17, 15) is 4.39 Å². The van der Waals surface area contributed by atoms with Crippen LogP contribution in [0.1, 0.15) is 26.3 Å². The van der Waals surface area contributed by atoms with Gasteiger partial charge in [-0.2, -0.15) is 0 Å². The van der Waals surface area contributed by atoms with Crippen LogP contribution in [-0.2, 0) is 5.41 Å². The molecule has 0 fully saturated rings. The first-order valence-corrected chi connectivity index (χ1v) is 5.08. The Bertz CT molecular complexity index is 380. The second-order valence-electron chi connectivity index (χ2n) is 4.73. The second-order valence-corrected chi connectivity index (χ2v) is 4.73. The molecule has 0 spiro atoms. The lowest BCUT2D eigenvalue weighted by Gasteiger charge is -2.24. The summed E-state index contributed by atoms with van der Waals surface area (Å²) in [5.41, 5.74) is 0.834. The largest absolute Gasteiger partial charge is 0.486 e. The van der Waals surface area contributed by atoms with Crippen molar-refractivity contribution in [2.45, 2.75) is 26.2 Å². The zero-order chi connectivity index (χ0) is 11.1. The summed E-state index contributed by atoms with van der Waals surface area (Å²) in [7, 11) is 0. The molecule has 15 heavy (non-hydrogen) atoms. The Hall–Kier alpha value is -1.25. The summed E-state index contributed by atoms with van der Waals surface area (Å²) in [6.07, 6.45) is 0. The minimum Gasteiger partial charge on any atom is -0.486 e.